The molecule has 0 fully saturated rings. The van der Waals surface area contributed by atoms with Crippen LogP contribution in [0.25, 0.3) is 0 Å². The summed E-state index contributed by atoms with van der Waals surface area (Å²) in [5, 5.41) is 3.01. The fourth-order valence-corrected chi connectivity index (χ4v) is 3.35. The SMILES string of the molecule is COc1ccc(C(C)NC(=O)C(C)Oc2ccc3c(c2)CCCC3)cc1. The van der Waals surface area contributed by atoms with Crippen LogP contribution in [0.2, 0.25) is 0 Å². The third-order valence-corrected chi connectivity index (χ3v) is 4.98. The van der Waals surface area contributed by atoms with Crippen molar-refractivity contribution in [2.75, 3.05) is 7.11 Å². The Hall–Kier alpha value is -2.49. The maximum atomic E-state index is 12.5. The molecule has 2 atom stereocenters. The molecule has 138 valence electrons. The van der Waals surface area contributed by atoms with E-state index in [0.29, 0.717) is 0 Å². The highest BCUT2D eigenvalue weighted by Gasteiger charge is 2.19. The maximum Gasteiger partial charge on any atom is 0.261 e. The summed E-state index contributed by atoms with van der Waals surface area (Å²) in [5.41, 5.74) is 3.79. The molecule has 0 aliphatic heterocycles. The van der Waals surface area contributed by atoms with E-state index in [1.165, 1.54) is 24.0 Å². The number of aryl methyl sites for hydroxylation is 2. The number of benzene rings is 2. The van der Waals surface area contributed by atoms with E-state index >= 15 is 0 Å². The molecule has 2 aromatic rings. The Morgan fingerprint density at radius 2 is 1.62 bits per heavy atom. The lowest BCUT2D eigenvalue weighted by molar-refractivity contribution is -0.127. The van der Waals surface area contributed by atoms with Gasteiger partial charge in [0.15, 0.2) is 6.10 Å². The van der Waals surface area contributed by atoms with Crippen molar-refractivity contribution < 1.29 is 14.3 Å². The van der Waals surface area contributed by atoms with Gasteiger partial charge in [-0.15, -0.1) is 0 Å². The monoisotopic (exact) mass is 353 g/mol. The fraction of sp³-hybridized carbons (Fsp3) is 0.409. The number of amides is 1. The van der Waals surface area contributed by atoms with Crippen LogP contribution >= 0.6 is 0 Å². The number of hydrogen-bond acceptors (Lipinski definition) is 3. The van der Waals surface area contributed by atoms with Crippen LogP contribution in [0, 0.1) is 0 Å². The third-order valence-electron chi connectivity index (χ3n) is 4.98. The van der Waals surface area contributed by atoms with E-state index in [4.69, 9.17) is 9.47 Å². The Labute approximate surface area is 155 Å². The fourth-order valence-electron chi connectivity index (χ4n) is 3.35. The summed E-state index contributed by atoms with van der Waals surface area (Å²) in [7, 11) is 1.64. The highest BCUT2D eigenvalue weighted by Crippen LogP contribution is 2.26. The number of methoxy groups -OCH3 is 1. The average molecular weight is 353 g/mol. The summed E-state index contributed by atoms with van der Waals surface area (Å²) in [6.07, 6.45) is 4.19. The van der Waals surface area contributed by atoms with Gasteiger partial charge < -0.3 is 14.8 Å². The second-order valence-electron chi connectivity index (χ2n) is 6.90. The molecule has 0 bridgehead atoms. The van der Waals surface area contributed by atoms with Gasteiger partial charge in [0.2, 0.25) is 0 Å². The van der Waals surface area contributed by atoms with E-state index in [2.05, 4.69) is 17.4 Å². The highest BCUT2D eigenvalue weighted by atomic mass is 16.5. The van der Waals surface area contributed by atoms with Crippen LogP contribution in [-0.4, -0.2) is 19.1 Å². The molecule has 3 rings (SSSR count). The van der Waals surface area contributed by atoms with E-state index in [9.17, 15) is 4.79 Å². The first-order chi connectivity index (χ1) is 12.6. The maximum absolute atomic E-state index is 12.5. The summed E-state index contributed by atoms with van der Waals surface area (Å²) < 4.78 is 11.1. The number of ether oxygens (including phenoxy) is 2. The van der Waals surface area contributed by atoms with Gasteiger partial charge in [-0.25, -0.2) is 0 Å². The van der Waals surface area contributed by atoms with Crippen molar-refractivity contribution in [2.45, 2.75) is 51.7 Å². The van der Waals surface area contributed by atoms with Gasteiger partial charge in [-0.2, -0.15) is 0 Å². The molecule has 4 nitrogen and oxygen atoms in total. The molecule has 2 unspecified atom stereocenters. The predicted molar refractivity (Wildman–Crippen MR) is 103 cm³/mol. The standard InChI is InChI=1S/C22H27NO3/c1-15(17-8-11-20(25-3)12-9-17)23-22(24)16(2)26-21-13-10-18-6-4-5-7-19(18)14-21/h8-16H,4-7H2,1-3H3,(H,23,24). The predicted octanol–water partition coefficient (Wildman–Crippen LogP) is 4.22. The number of rotatable bonds is 6. The van der Waals surface area contributed by atoms with Crippen LogP contribution in [0.5, 0.6) is 11.5 Å². The van der Waals surface area contributed by atoms with Crippen molar-refractivity contribution in [3.8, 4) is 11.5 Å². The van der Waals surface area contributed by atoms with E-state index in [-0.39, 0.29) is 11.9 Å². The van der Waals surface area contributed by atoms with Crippen molar-refractivity contribution in [1.29, 1.82) is 0 Å². The lowest BCUT2D eigenvalue weighted by atomic mass is 9.92. The molecule has 1 aliphatic carbocycles. The molecule has 2 aromatic carbocycles. The zero-order chi connectivity index (χ0) is 18.5. The zero-order valence-corrected chi connectivity index (χ0v) is 15.7. The largest absolute Gasteiger partial charge is 0.497 e. The molecular formula is C22H27NO3. The van der Waals surface area contributed by atoms with Crippen molar-refractivity contribution >= 4 is 5.91 Å². The minimum Gasteiger partial charge on any atom is -0.497 e. The number of hydrogen-bond donors (Lipinski definition) is 1. The normalized spacial score (nSPS) is 15.5. The van der Waals surface area contributed by atoms with Crippen LogP contribution in [0.1, 0.15) is 49.4 Å². The minimum atomic E-state index is -0.544. The summed E-state index contributed by atoms with van der Waals surface area (Å²) in [4.78, 5) is 12.5. The molecule has 26 heavy (non-hydrogen) atoms. The quantitative estimate of drug-likeness (QED) is 0.846. The summed E-state index contributed by atoms with van der Waals surface area (Å²) in [6.45, 7) is 3.75. The van der Waals surface area contributed by atoms with Gasteiger partial charge in [-0.3, -0.25) is 4.79 Å². The highest BCUT2D eigenvalue weighted by molar-refractivity contribution is 5.81. The smallest absolute Gasteiger partial charge is 0.261 e. The Morgan fingerprint density at radius 3 is 2.31 bits per heavy atom. The van der Waals surface area contributed by atoms with Crippen molar-refractivity contribution in [1.82, 2.24) is 5.32 Å². The van der Waals surface area contributed by atoms with Crippen LogP contribution in [0.4, 0.5) is 0 Å². The van der Waals surface area contributed by atoms with Crippen molar-refractivity contribution in [3.63, 3.8) is 0 Å². The first-order valence-corrected chi connectivity index (χ1v) is 9.29. The lowest BCUT2D eigenvalue weighted by Gasteiger charge is -2.21. The second kappa shape index (κ2) is 8.26. The average Bonchev–Trinajstić information content (AvgIpc) is 2.67. The Kier molecular flexibility index (Phi) is 5.82. The second-order valence-corrected chi connectivity index (χ2v) is 6.90. The van der Waals surface area contributed by atoms with Crippen LogP contribution in [0.3, 0.4) is 0 Å². The molecule has 0 radical (unpaired) electrons. The number of carbonyl (C=O) groups excluding carboxylic acids is 1. The lowest BCUT2D eigenvalue weighted by Crippen LogP contribution is -2.37. The summed E-state index contributed by atoms with van der Waals surface area (Å²) in [5.74, 6) is 1.45. The minimum absolute atomic E-state index is 0.0945. The molecule has 1 N–H and O–H groups in total. The molecule has 0 spiro atoms. The van der Waals surface area contributed by atoms with Gasteiger partial charge in [-0.05, 0) is 80.5 Å². The molecular weight excluding hydrogens is 326 g/mol. The van der Waals surface area contributed by atoms with Gasteiger partial charge in [0.1, 0.15) is 11.5 Å². The molecule has 0 saturated carbocycles. The van der Waals surface area contributed by atoms with E-state index in [1.54, 1.807) is 14.0 Å². The van der Waals surface area contributed by atoms with E-state index in [0.717, 1.165) is 29.9 Å². The summed E-state index contributed by atoms with van der Waals surface area (Å²) >= 11 is 0. The number of nitrogens with one attached hydrogen (secondary N) is 1. The molecule has 1 amide bonds. The van der Waals surface area contributed by atoms with Crippen molar-refractivity contribution in [2.24, 2.45) is 0 Å². The Bertz CT molecular complexity index is 754. The molecule has 0 heterocycles. The molecule has 0 aromatic heterocycles. The van der Waals surface area contributed by atoms with E-state index in [1.807, 2.05) is 37.3 Å². The number of carbonyl (C=O) groups is 1. The molecule has 1 aliphatic rings. The van der Waals surface area contributed by atoms with Crippen LogP contribution in [-0.2, 0) is 17.6 Å². The first kappa shape index (κ1) is 18.3. The van der Waals surface area contributed by atoms with E-state index < -0.39 is 6.10 Å². The third kappa shape index (κ3) is 4.37. The van der Waals surface area contributed by atoms with Crippen LogP contribution in [0.15, 0.2) is 42.5 Å². The zero-order valence-electron chi connectivity index (χ0n) is 15.7. The van der Waals surface area contributed by atoms with Gasteiger partial charge in [0.25, 0.3) is 5.91 Å². The summed E-state index contributed by atoms with van der Waals surface area (Å²) in [6, 6.07) is 13.8. The Morgan fingerprint density at radius 1 is 0.962 bits per heavy atom. The van der Waals surface area contributed by atoms with Crippen LogP contribution < -0.4 is 14.8 Å². The van der Waals surface area contributed by atoms with Gasteiger partial charge in [0, 0.05) is 0 Å². The number of fused-ring (bicyclic) bond motifs is 1. The van der Waals surface area contributed by atoms with Crippen molar-refractivity contribution in [3.05, 3.63) is 59.2 Å². The van der Waals surface area contributed by atoms with Gasteiger partial charge >= 0.3 is 0 Å². The first-order valence-electron chi connectivity index (χ1n) is 9.29. The molecule has 0 saturated heterocycles. The van der Waals surface area contributed by atoms with Gasteiger partial charge in [-0.1, -0.05) is 18.2 Å². The van der Waals surface area contributed by atoms with Gasteiger partial charge in [0.05, 0.1) is 13.2 Å². The molecule has 4 heteroatoms. The topological polar surface area (TPSA) is 47.6 Å². The Balaban J connectivity index is 1.58.